The molecule has 0 radical (unpaired) electrons. The van der Waals surface area contributed by atoms with E-state index in [2.05, 4.69) is 68.6 Å². The van der Waals surface area contributed by atoms with Crippen LogP contribution in [0.2, 0.25) is 0 Å². The molecule has 102 valence electrons. The van der Waals surface area contributed by atoms with Gasteiger partial charge in [0.25, 0.3) is 0 Å². The van der Waals surface area contributed by atoms with Gasteiger partial charge >= 0.3 is 0 Å². The van der Waals surface area contributed by atoms with E-state index in [0.29, 0.717) is 12.0 Å². The Morgan fingerprint density at radius 1 is 1.00 bits per heavy atom. The summed E-state index contributed by atoms with van der Waals surface area (Å²) in [5.41, 5.74) is 1.45. The van der Waals surface area contributed by atoms with Crippen LogP contribution < -0.4 is 5.32 Å². The van der Waals surface area contributed by atoms with E-state index in [0.717, 1.165) is 6.54 Å². The molecule has 2 atom stereocenters. The Morgan fingerprint density at radius 2 is 1.74 bits per heavy atom. The molecular weight excluding hydrogens is 230 g/mol. The number of hydrogen-bond donors (Lipinski definition) is 1. The van der Waals surface area contributed by atoms with Crippen LogP contribution in [0.3, 0.4) is 0 Å². The largest absolute Gasteiger partial charge is 0.310 e. The van der Waals surface area contributed by atoms with Gasteiger partial charge in [0.05, 0.1) is 0 Å². The van der Waals surface area contributed by atoms with Gasteiger partial charge in [-0.2, -0.15) is 0 Å². The number of benzene rings is 2. The number of nitrogens with one attached hydrogen (secondary N) is 1. The molecule has 0 aliphatic rings. The molecule has 1 heteroatoms. The van der Waals surface area contributed by atoms with Gasteiger partial charge in [-0.1, -0.05) is 69.7 Å². The first-order valence-corrected chi connectivity index (χ1v) is 7.49. The van der Waals surface area contributed by atoms with Crippen LogP contribution in [-0.4, -0.2) is 6.54 Å². The van der Waals surface area contributed by atoms with E-state index in [4.69, 9.17) is 0 Å². The van der Waals surface area contributed by atoms with Crippen molar-refractivity contribution in [3.63, 3.8) is 0 Å². The molecule has 1 nitrogen and oxygen atoms in total. The third-order valence-corrected chi connectivity index (χ3v) is 3.99. The van der Waals surface area contributed by atoms with Gasteiger partial charge in [0.15, 0.2) is 0 Å². The minimum absolute atomic E-state index is 0.455. The van der Waals surface area contributed by atoms with Gasteiger partial charge in [0.2, 0.25) is 0 Å². The molecule has 0 aliphatic heterocycles. The lowest BCUT2D eigenvalue weighted by Crippen LogP contribution is -2.27. The Morgan fingerprint density at radius 3 is 2.47 bits per heavy atom. The second-order valence-electron chi connectivity index (χ2n) is 5.39. The van der Waals surface area contributed by atoms with E-state index >= 15 is 0 Å². The summed E-state index contributed by atoms with van der Waals surface area (Å²) in [7, 11) is 0. The quantitative estimate of drug-likeness (QED) is 0.772. The second kappa shape index (κ2) is 6.72. The van der Waals surface area contributed by atoms with Crippen LogP contribution in [0.5, 0.6) is 0 Å². The molecule has 0 heterocycles. The summed E-state index contributed by atoms with van der Waals surface area (Å²) in [5.74, 6) is 0.650. The minimum Gasteiger partial charge on any atom is -0.310 e. The summed E-state index contributed by atoms with van der Waals surface area (Å²) >= 11 is 0. The van der Waals surface area contributed by atoms with Gasteiger partial charge in [-0.15, -0.1) is 0 Å². The monoisotopic (exact) mass is 255 g/mol. The fourth-order valence-electron chi connectivity index (χ4n) is 2.67. The summed E-state index contributed by atoms with van der Waals surface area (Å²) < 4.78 is 0. The molecule has 2 aromatic carbocycles. The van der Waals surface area contributed by atoms with Crippen molar-refractivity contribution in [2.24, 2.45) is 5.92 Å². The number of rotatable bonds is 6. The van der Waals surface area contributed by atoms with Crippen molar-refractivity contribution < 1.29 is 0 Å². The van der Waals surface area contributed by atoms with Gasteiger partial charge in [-0.25, -0.2) is 0 Å². The van der Waals surface area contributed by atoms with Crippen molar-refractivity contribution in [3.8, 4) is 0 Å². The third kappa shape index (κ3) is 3.16. The first kappa shape index (κ1) is 14.1. The maximum atomic E-state index is 3.73. The summed E-state index contributed by atoms with van der Waals surface area (Å²) in [6.45, 7) is 7.92. The topological polar surface area (TPSA) is 12.0 Å². The Labute approximate surface area is 117 Å². The number of fused-ring (bicyclic) bond motifs is 1. The number of hydrogen-bond acceptors (Lipinski definition) is 1. The predicted molar refractivity (Wildman–Crippen MR) is 84.4 cm³/mol. The normalized spacial score (nSPS) is 14.5. The van der Waals surface area contributed by atoms with Crippen molar-refractivity contribution in [3.05, 3.63) is 48.0 Å². The molecular formula is C18H25N. The second-order valence-corrected chi connectivity index (χ2v) is 5.39. The molecule has 0 saturated heterocycles. The fraction of sp³-hybridized carbons (Fsp3) is 0.444. The fourth-order valence-corrected chi connectivity index (χ4v) is 2.67. The highest BCUT2D eigenvalue weighted by molar-refractivity contribution is 5.86. The van der Waals surface area contributed by atoms with E-state index in [-0.39, 0.29) is 0 Å². The van der Waals surface area contributed by atoms with Gasteiger partial charge in [-0.3, -0.25) is 0 Å². The van der Waals surface area contributed by atoms with E-state index in [1.165, 1.54) is 29.2 Å². The Hall–Kier alpha value is -1.34. The predicted octanol–water partition coefficient (Wildman–Crippen LogP) is 4.93. The minimum atomic E-state index is 0.455. The average Bonchev–Trinajstić information content (AvgIpc) is 2.47. The third-order valence-electron chi connectivity index (χ3n) is 3.99. The maximum Gasteiger partial charge on any atom is 0.0352 e. The average molecular weight is 255 g/mol. The van der Waals surface area contributed by atoms with Crippen LogP contribution in [0.25, 0.3) is 10.8 Å². The van der Waals surface area contributed by atoms with Crippen molar-refractivity contribution in [1.29, 1.82) is 0 Å². The lowest BCUT2D eigenvalue weighted by molar-refractivity contribution is 0.379. The zero-order valence-electron chi connectivity index (χ0n) is 12.3. The molecule has 2 aromatic rings. The molecule has 2 unspecified atom stereocenters. The standard InChI is InChI=1S/C18H25N/c1-4-13-19-18(14(3)5-2)17-12-8-10-15-9-6-7-11-16(15)17/h6-12,14,18-19H,4-5,13H2,1-3H3. The molecule has 0 amide bonds. The van der Waals surface area contributed by atoms with Crippen molar-refractivity contribution in [1.82, 2.24) is 5.32 Å². The molecule has 0 saturated carbocycles. The van der Waals surface area contributed by atoms with Gasteiger partial charge in [0, 0.05) is 6.04 Å². The van der Waals surface area contributed by atoms with Crippen LogP contribution in [0.1, 0.15) is 45.2 Å². The SMILES string of the molecule is CCCNC(c1cccc2ccccc12)C(C)CC. The first-order valence-electron chi connectivity index (χ1n) is 7.49. The summed E-state index contributed by atoms with van der Waals surface area (Å²) in [4.78, 5) is 0. The van der Waals surface area contributed by atoms with E-state index < -0.39 is 0 Å². The van der Waals surface area contributed by atoms with Crippen LogP contribution in [0, 0.1) is 5.92 Å². The molecule has 0 bridgehead atoms. The van der Waals surface area contributed by atoms with Crippen LogP contribution in [0.4, 0.5) is 0 Å². The zero-order valence-corrected chi connectivity index (χ0v) is 12.3. The molecule has 0 aliphatic carbocycles. The molecule has 1 N–H and O–H groups in total. The summed E-state index contributed by atoms with van der Waals surface area (Å²) in [6, 6.07) is 15.8. The van der Waals surface area contributed by atoms with Gasteiger partial charge in [-0.05, 0) is 35.2 Å². The summed E-state index contributed by atoms with van der Waals surface area (Å²) in [6.07, 6.45) is 2.38. The molecule has 19 heavy (non-hydrogen) atoms. The van der Waals surface area contributed by atoms with Crippen molar-refractivity contribution in [2.75, 3.05) is 6.54 Å². The van der Waals surface area contributed by atoms with E-state index in [1.807, 2.05) is 0 Å². The Balaban J connectivity index is 2.43. The van der Waals surface area contributed by atoms with Crippen molar-refractivity contribution in [2.45, 2.75) is 39.7 Å². The van der Waals surface area contributed by atoms with Crippen LogP contribution in [-0.2, 0) is 0 Å². The lowest BCUT2D eigenvalue weighted by Gasteiger charge is -2.26. The smallest absolute Gasteiger partial charge is 0.0352 e. The lowest BCUT2D eigenvalue weighted by atomic mass is 9.89. The van der Waals surface area contributed by atoms with Gasteiger partial charge in [0.1, 0.15) is 0 Å². The zero-order chi connectivity index (χ0) is 13.7. The van der Waals surface area contributed by atoms with E-state index in [9.17, 15) is 0 Å². The van der Waals surface area contributed by atoms with E-state index in [1.54, 1.807) is 0 Å². The Kier molecular flexibility index (Phi) is 4.98. The molecule has 2 rings (SSSR count). The maximum absolute atomic E-state index is 3.73. The highest BCUT2D eigenvalue weighted by Crippen LogP contribution is 2.30. The first-order chi connectivity index (χ1) is 9.27. The highest BCUT2D eigenvalue weighted by atomic mass is 14.9. The van der Waals surface area contributed by atoms with Crippen LogP contribution >= 0.6 is 0 Å². The molecule has 0 spiro atoms. The van der Waals surface area contributed by atoms with Crippen LogP contribution in [0.15, 0.2) is 42.5 Å². The highest BCUT2D eigenvalue weighted by Gasteiger charge is 2.18. The molecule has 0 fully saturated rings. The summed E-state index contributed by atoms with van der Waals surface area (Å²) in [5, 5.41) is 6.46. The molecule has 0 aromatic heterocycles. The van der Waals surface area contributed by atoms with Crippen molar-refractivity contribution >= 4 is 10.8 Å². The Bertz CT molecular complexity index is 513. The van der Waals surface area contributed by atoms with Gasteiger partial charge < -0.3 is 5.32 Å².